The van der Waals surface area contributed by atoms with E-state index in [1.54, 1.807) is 6.20 Å². The molecule has 0 spiro atoms. The minimum atomic E-state index is -0.439. The molecule has 0 aliphatic heterocycles. The van der Waals surface area contributed by atoms with E-state index in [1.807, 2.05) is 30.3 Å². The van der Waals surface area contributed by atoms with Gasteiger partial charge in [-0.25, -0.2) is 0 Å². The fourth-order valence-electron chi connectivity index (χ4n) is 3.03. The van der Waals surface area contributed by atoms with Crippen LogP contribution in [0.15, 0.2) is 36.5 Å². The Labute approximate surface area is 121 Å². The first-order valence-corrected chi connectivity index (χ1v) is 7.38. The number of aromatic nitrogens is 1. The predicted octanol–water partition coefficient (Wildman–Crippen LogP) is 4.73. The summed E-state index contributed by atoms with van der Waals surface area (Å²) in [4.78, 5) is 4.42. The summed E-state index contributed by atoms with van der Waals surface area (Å²) in [5.41, 5.74) is 2.17. The van der Waals surface area contributed by atoms with Crippen molar-refractivity contribution in [1.82, 2.24) is 4.98 Å². The third-order valence-corrected chi connectivity index (χ3v) is 3.61. The van der Waals surface area contributed by atoms with Crippen LogP contribution in [0.3, 0.4) is 0 Å². The number of hydrogen-bond donors (Lipinski definition) is 1. The Kier molecular flexibility index (Phi) is 4.44. The number of rotatable bonds is 4. The first kappa shape index (κ1) is 15.0. The lowest BCUT2D eigenvalue weighted by Gasteiger charge is -2.25. The standard InChI is InChI=1S/C18H25NO/c1-13(12-18(2,3)4)11-16(20)15-9-5-7-14-8-6-10-19-17(14)15/h5-10,13,16,20H,11-12H2,1-4H3. The molecule has 2 heteroatoms. The van der Waals surface area contributed by atoms with Crippen LogP contribution in [0.4, 0.5) is 0 Å². The van der Waals surface area contributed by atoms with Gasteiger partial charge in [-0.05, 0) is 30.2 Å². The number of para-hydroxylation sites is 1. The fraction of sp³-hybridized carbons (Fsp3) is 0.500. The summed E-state index contributed by atoms with van der Waals surface area (Å²) >= 11 is 0. The maximum atomic E-state index is 10.5. The topological polar surface area (TPSA) is 33.1 Å². The smallest absolute Gasteiger partial charge is 0.0813 e. The summed E-state index contributed by atoms with van der Waals surface area (Å²) in [6.07, 6.45) is 3.25. The van der Waals surface area contributed by atoms with E-state index >= 15 is 0 Å². The van der Waals surface area contributed by atoms with E-state index in [-0.39, 0.29) is 0 Å². The van der Waals surface area contributed by atoms with E-state index in [0.29, 0.717) is 11.3 Å². The second-order valence-corrected chi connectivity index (χ2v) is 7.04. The number of aliphatic hydroxyl groups excluding tert-OH is 1. The van der Waals surface area contributed by atoms with Gasteiger partial charge in [-0.3, -0.25) is 4.98 Å². The van der Waals surface area contributed by atoms with Crippen LogP contribution in [0, 0.1) is 11.3 Å². The molecular formula is C18H25NO. The Bertz CT molecular complexity index is 566. The SMILES string of the molecule is CC(CC(O)c1cccc2cccnc12)CC(C)(C)C. The van der Waals surface area contributed by atoms with Gasteiger partial charge in [-0.2, -0.15) is 0 Å². The molecule has 1 aromatic heterocycles. The monoisotopic (exact) mass is 271 g/mol. The number of nitrogens with zero attached hydrogens (tertiary/aromatic N) is 1. The highest BCUT2D eigenvalue weighted by Crippen LogP contribution is 2.32. The summed E-state index contributed by atoms with van der Waals surface area (Å²) in [5.74, 6) is 0.490. The molecular weight excluding hydrogens is 246 g/mol. The van der Waals surface area contributed by atoms with E-state index in [2.05, 4.69) is 32.7 Å². The van der Waals surface area contributed by atoms with Gasteiger partial charge in [0.05, 0.1) is 11.6 Å². The Morgan fingerprint density at radius 1 is 1.15 bits per heavy atom. The highest BCUT2D eigenvalue weighted by Gasteiger charge is 2.20. The Morgan fingerprint density at radius 3 is 2.55 bits per heavy atom. The van der Waals surface area contributed by atoms with Crippen molar-refractivity contribution in [3.63, 3.8) is 0 Å². The molecule has 0 saturated carbocycles. The van der Waals surface area contributed by atoms with Crippen molar-refractivity contribution in [2.45, 2.75) is 46.6 Å². The number of pyridine rings is 1. The Balaban J connectivity index is 2.17. The molecule has 20 heavy (non-hydrogen) atoms. The summed E-state index contributed by atoms with van der Waals surface area (Å²) in [7, 11) is 0. The van der Waals surface area contributed by atoms with Crippen LogP contribution in [0.5, 0.6) is 0 Å². The van der Waals surface area contributed by atoms with Crippen molar-refractivity contribution in [2.75, 3.05) is 0 Å². The minimum Gasteiger partial charge on any atom is -0.388 e. The molecule has 108 valence electrons. The lowest BCUT2D eigenvalue weighted by atomic mass is 9.82. The normalized spacial score (nSPS) is 15.2. The van der Waals surface area contributed by atoms with Gasteiger partial charge in [0.15, 0.2) is 0 Å². The average Bonchev–Trinajstić information content (AvgIpc) is 2.35. The van der Waals surface area contributed by atoms with Crippen molar-refractivity contribution < 1.29 is 5.11 Å². The van der Waals surface area contributed by atoms with Crippen molar-refractivity contribution in [2.24, 2.45) is 11.3 Å². The number of hydrogen-bond acceptors (Lipinski definition) is 2. The van der Waals surface area contributed by atoms with Crippen LogP contribution in [0.2, 0.25) is 0 Å². The van der Waals surface area contributed by atoms with Crippen LogP contribution in [-0.4, -0.2) is 10.1 Å². The van der Waals surface area contributed by atoms with Gasteiger partial charge in [-0.15, -0.1) is 0 Å². The van der Waals surface area contributed by atoms with Gasteiger partial charge in [0.2, 0.25) is 0 Å². The van der Waals surface area contributed by atoms with Gasteiger partial charge in [-0.1, -0.05) is 52.0 Å². The number of fused-ring (bicyclic) bond motifs is 1. The van der Waals surface area contributed by atoms with Gasteiger partial charge >= 0.3 is 0 Å². The molecule has 2 nitrogen and oxygen atoms in total. The lowest BCUT2D eigenvalue weighted by molar-refractivity contribution is 0.135. The molecule has 2 unspecified atom stereocenters. The van der Waals surface area contributed by atoms with Gasteiger partial charge < -0.3 is 5.11 Å². The molecule has 0 fully saturated rings. The van der Waals surface area contributed by atoms with Crippen molar-refractivity contribution in [1.29, 1.82) is 0 Å². The van der Waals surface area contributed by atoms with E-state index in [1.165, 1.54) is 0 Å². The van der Waals surface area contributed by atoms with E-state index in [9.17, 15) is 5.11 Å². The third-order valence-electron chi connectivity index (χ3n) is 3.61. The van der Waals surface area contributed by atoms with Crippen molar-refractivity contribution in [3.8, 4) is 0 Å². The van der Waals surface area contributed by atoms with E-state index < -0.39 is 6.10 Å². The van der Waals surface area contributed by atoms with Crippen LogP contribution in [-0.2, 0) is 0 Å². The third kappa shape index (κ3) is 3.80. The quantitative estimate of drug-likeness (QED) is 0.872. The fourth-order valence-corrected chi connectivity index (χ4v) is 3.03. The molecule has 0 amide bonds. The first-order valence-electron chi connectivity index (χ1n) is 7.38. The molecule has 0 saturated heterocycles. The molecule has 0 radical (unpaired) electrons. The molecule has 1 N–H and O–H groups in total. The lowest BCUT2D eigenvalue weighted by Crippen LogP contribution is -2.14. The maximum absolute atomic E-state index is 10.5. The molecule has 1 aromatic carbocycles. The zero-order chi connectivity index (χ0) is 14.8. The average molecular weight is 271 g/mol. The van der Waals surface area contributed by atoms with E-state index in [0.717, 1.165) is 29.3 Å². The second-order valence-electron chi connectivity index (χ2n) is 7.04. The van der Waals surface area contributed by atoms with Gasteiger partial charge in [0.1, 0.15) is 0 Å². The maximum Gasteiger partial charge on any atom is 0.0813 e. The van der Waals surface area contributed by atoms with E-state index in [4.69, 9.17) is 0 Å². The summed E-state index contributed by atoms with van der Waals surface area (Å²) in [6.45, 7) is 8.95. The first-order chi connectivity index (χ1) is 9.37. The highest BCUT2D eigenvalue weighted by molar-refractivity contribution is 5.81. The molecule has 1 heterocycles. The van der Waals surface area contributed by atoms with Crippen molar-refractivity contribution in [3.05, 3.63) is 42.1 Å². The Morgan fingerprint density at radius 2 is 1.85 bits per heavy atom. The second kappa shape index (κ2) is 5.92. The van der Waals surface area contributed by atoms with Gasteiger partial charge in [0.25, 0.3) is 0 Å². The van der Waals surface area contributed by atoms with Crippen LogP contribution >= 0.6 is 0 Å². The highest BCUT2D eigenvalue weighted by atomic mass is 16.3. The van der Waals surface area contributed by atoms with Crippen LogP contribution in [0.25, 0.3) is 10.9 Å². The molecule has 2 aromatic rings. The van der Waals surface area contributed by atoms with Crippen LogP contribution in [0.1, 0.15) is 52.2 Å². The summed E-state index contributed by atoms with van der Waals surface area (Å²) in [6, 6.07) is 10.00. The van der Waals surface area contributed by atoms with Crippen LogP contribution < -0.4 is 0 Å². The molecule has 2 atom stereocenters. The number of benzene rings is 1. The molecule has 0 aliphatic rings. The minimum absolute atomic E-state index is 0.302. The predicted molar refractivity (Wildman–Crippen MR) is 84.6 cm³/mol. The zero-order valence-electron chi connectivity index (χ0n) is 12.9. The Hall–Kier alpha value is -1.41. The van der Waals surface area contributed by atoms with Crippen molar-refractivity contribution >= 4 is 10.9 Å². The molecule has 0 aliphatic carbocycles. The molecule has 2 rings (SSSR count). The largest absolute Gasteiger partial charge is 0.388 e. The van der Waals surface area contributed by atoms with Gasteiger partial charge in [0, 0.05) is 17.1 Å². The molecule has 0 bridgehead atoms. The summed E-state index contributed by atoms with van der Waals surface area (Å²) in [5, 5.41) is 11.6. The number of aliphatic hydroxyl groups is 1. The zero-order valence-corrected chi connectivity index (χ0v) is 12.9. The summed E-state index contributed by atoms with van der Waals surface area (Å²) < 4.78 is 0.